The second-order valence-electron chi connectivity index (χ2n) is 7.21. The molecular formula is C22H25ClFN3O2. The van der Waals surface area contributed by atoms with Gasteiger partial charge in [-0.05, 0) is 43.7 Å². The SMILES string of the molecule is CC(=O)c1ccc(N2CCN(C(=O)CNC(C)c3ccccc3Cl)CC2)c(F)c1. The predicted octanol–water partition coefficient (Wildman–Crippen LogP) is 3.68. The van der Waals surface area contributed by atoms with Gasteiger partial charge in [-0.25, -0.2) is 4.39 Å². The van der Waals surface area contributed by atoms with Crippen LogP contribution < -0.4 is 10.2 Å². The highest BCUT2D eigenvalue weighted by atomic mass is 35.5. The summed E-state index contributed by atoms with van der Waals surface area (Å²) in [6.45, 7) is 5.74. The number of nitrogens with one attached hydrogen (secondary N) is 1. The van der Waals surface area contributed by atoms with Crippen LogP contribution in [0.1, 0.15) is 35.8 Å². The van der Waals surface area contributed by atoms with Gasteiger partial charge < -0.3 is 15.1 Å². The van der Waals surface area contributed by atoms with Gasteiger partial charge in [0, 0.05) is 42.8 Å². The van der Waals surface area contributed by atoms with E-state index < -0.39 is 5.82 Å². The van der Waals surface area contributed by atoms with Crippen LogP contribution in [0, 0.1) is 5.82 Å². The number of ketones is 1. The average molecular weight is 418 g/mol. The van der Waals surface area contributed by atoms with Crippen LogP contribution in [-0.2, 0) is 4.79 Å². The summed E-state index contributed by atoms with van der Waals surface area (Å²) >= 11 is 6.21. The molecule has 3 rings (SSSR count). The summed E-state index contributed by atoms with van der Waals surface area (Å²) in [5, 5.41) is 3.90. The minimum atomic E-state index is -0.410. The van der Waals surface area contributed by atoms with E-state index in [4.69, 9.17) is 11.6 Å². The fourth-order valence-electron chi connectivity index (χ4n) is 3.47. The van der Waals surface area contributed by atoms with Gasteiger partial charge in [-0.15, -0.1) is 0 Å². The Labute approximate surface area is 175 Å². The summed E-state index contributed by atoms with van der Waals surface area (Å²) < 4.78 is 14.4. The fraction of sp³-hybridized carbons (Fsp3) is 0.364. The number of amides is 1. The molecule has 1 fully saturated rings. The quantitative estimate of drug-likeness (QED) is 0.728. The third-order valence-electron chi connectivity index (χ3n) is 5.26. The second kappa shape index (κ2) is 9.37. The number of halogens is 2. The number of rotatable bonds is 6. The summed E-state index contributed by atoms with van der Waals surface area (Å²) in [7, 11) is 0. The van der Waals surface area contributed by atoms with E-state index >= 15 is 0 Å². The molecule has 0 spiro atoms. The molecular weight excluding hydrogens is 393 g/mol. The minimum Gasteiger partial charge on any atom is -0.366 e. The molecule has 1 amide bonds. The number of anilines is 1. The minimum absolute atomic E-state index is 0.0101. The highest BCUT2D eigenvalue weighted by Gasteiger charge is 2.23. The normalized spacial score (nSPS) is 15.3. The van der Waals surface area contributed by atoms with Crippen LogP contribution in [0.3, 0.4) is 0 Å². The molecule has 1 aliphatic rings. The first kappa shape index (κ1) is 21.3. The van der Waals surface area contributed by atoms with Crippen molar-refractivity contribution in [3.05, 3.63) is 64.4 Å². The van der Waals surface area contributed by atoms with Crippen LogP contribution in [-0.4, -0.2) is 49.3 Å². The maximum atomic E-state index is 14.4. The molecule has 29 heavy (non-hydrogen) atoms. The number of carbonyl (C=O) groups is 2. The number of Topliss-reactive ketones (excluding diaryl/α,β-unsaturated/α-hetero) is 1. The topological polar surface area (TPSA) is 52.7 Å². The summed E-state index contributed by atoms with van der Waals surface area (Å²) in [5.41, 5.74) is 1.78. The molecule has 0 radical (unpaired) electrons. The van der Waals surface area contributed by atoms with E-state index in [0.29, 0.717) is 42.5 Å². The van der Waals surface area contributed by atoms with Gasteiger partial charge in [-0.3, -0.25) is 9.59 Å². The molecule has 1 heterocycles. The first-order valence-corrected chi connectivity index (χ1v) is 10.1. The molecule has 7 heteroatoms. The van der Waals surface area contributed by atoms with Crippen molar-refractivity contribution in [3.63, 3.8) is 0 Å². The van der Waals surface area contributed by atoms with Crippen LogP contribution in [0.4, 0.5) is 10.1 Å². The summed E-state index contributed by atoms with van der Waals surface area (Å²) in [6.07, 6.45) is 0. The molecule has 0 saturated carbocycles. The standard InChI is InChI=1S/C22H25ClFN3O2/c1-15(18-5-3-4-6-19(18)23)25-14-22(29)27-11-9-26(10-12-27)21-8-7-17(16(2)28)13-20(21)24/h3-8,13,15,25H,9-12,14H2,1-2H3. The molecule has 154 valence electrons. The van der Waals surface area contributed by atoms with Crippen molar-refractivity contribution in [3.8, 4) is 0 Å². The molecule has 1 unspecified atom stereocenters. The zero-order valence-corrected chi connectivity index (χ0v) is 17.4. The lowest BCUT2D eigenvalue weighted by atomic mass is 10.1. The Morgan fingerprint density at radius 3 is 2.45 bits per heavy atom. The Kier molecular flexibility index (Phi) is 6.87. The van der Waals surface area contributed by atoms with Gasteiger partial charge >= 0.3 is 0 Å². The summed E-state index contributed by atoms with van der Waals surface area (Å²) in [5.74, 6) is -0.562. The van der Waals surface area contributed by atoms with Crippen molar-refractivity contribution in [2.75, 3.05) is 37.6 Å². The first-order chi connectivity index (χ1) is 13.9. The largest absolute Gasteiger partial charge is 0.366 e. The Morgan fingerprint density at radius 1 is 1.14 bits per heavy atom. The third kappa shape index (κ3) is 5.14. The van der Waals surface area contributed by atoms with Gasteiger partial charge in [0.05, 0.1) is 12.2 Å². The zero-order valence-electron chi connectivity index (χ0n) is 16.6. The Bertz CT molecular complexity index is 897. The van der Waals surface area contributed by atoms with Crippen molar-refractivity contribution in [2.24, 2.45) is 0 Å². The van der Waals surface area contributed by atoms with Crippen LogP contribution in [0.2, 0.25) is 5.02 Å². The Morgan fingerprint density at radius 2 is 1.83 bits per heavy atom. The highest BCUT2D eigenvalue weighted by molar-refractivity contribution is 6.31. The molecule has 1 aliphatic heterocycles. The van der Waals surface area contributed by atoms with Crippen molar-refractivity contribution in [1.29, 1.82) is 0 Å². The van der Waals surface area contributed by atoms with E-state index in [-0.39, 0.29) is 24.3 Å². The van der Waals surface area contributed by atoms with Crippen molar-refractivity contribution >= 4 is 29.0 Å². The monoisotopic (exact) mass is 417 g/mol. The summed E-state index contributed by atoms with van der Waals surface area (Å²) in [6, 6.07) is 12.1. The van der Waals surface area contributed by atoms with Crippen LogP contribution >= 0.6 is 11.6 Å². The fourth-order valence-corrected chi connectivity index (χ4v) is 3.77. The van der Waals surface area contributed by atoms with Gasteiger partial charge in [0.25, 0.3) is 0 Å². The molecule has 5 nitrogen and oxygen atoms in total. The maximum Gasteiger partial charge on any atom is 0.236 e. The Balaban J connectivity index is 1.52. The summed E-state index contributed by atoms with van der Waals surface area (Å²) in [4.78, 5) is 27.6. The molecule has 2 aromatic rings. The molecule has 0 aliphatic carbocycles. The lowest BCUT2D eigenvalue weighted by Crippen LogP contribution is -2.51. The Hall–Kier alpha value is -2.44. The first-order valence-electron chi connectivity index (χ1n) is 9.68. The number of piperazine rings is 1. The zero-order chi connectivity index (χ0) is 21.0. The van der Waals surface area contributed by atoms with Gasteiger partial charge in [-0.2, -0.15) is 0 Å². The van der Waals surface area contributed by atoms with Gasteiger partial charge in [-0.1, -0.05) is 29.8 Å². The molecule has 0 bridgehead atoms. The smallest absolute Gasteiger partial charge is 0.236 e. The van der Waals surface area contributed by atoms with Crippen molar-refractivity contribution < 1.29 is 14.0 Å². The number of hydrogen-bond acceptors (Lipinski definition) is 4. The predicted molar refractivity (Wildman–Crippen MR) is 113 cm³/mol. The van der Waals surface area contributed by atoms with E-state index in [1.807, 2.05) is 36.1 Å². The number of hydrogen-bond donors (Lipinski definition) is 1. The lowest BCUT2D eigenvalue weighted by Gasteiger charge is -2.36. The van der Waals surface area contributed by atoms with Crippen LogP contribution in [0.25, 0.3) is 0 Å². The molecule has 1 saturated heterocycles. The second-order valence-corrected chi connectivity index (χ2v) is 7.62. The lowest BCUT2D eigenvalue weighted by molar-refractivity contribution is -0.130. The number of carbonyl (C=O) groups excluding carboxylic acids is 2. The molecule has 0 aromatic heterocycles. The molecule has 1 N–H and O–H groups in total. The van der Waals surface area contributed by atoms with E-state index in [0.717, 1.165) is 5.56 Å². The van der Waals surface area contributed by atoms with Gasteiger partial charge in [0.2, 0.25) is 5.91 Å². The third-order valence-corrected chi connectivity index (χ3v) is 5.60. The highest BCUT2D eigenvalue weighted by Crippen LogP contribution is 2.23. The van der Waals surface area contributed by atoms with Crippen molar-refractivity contribution in [1.82, 2.24) is 10.2 Å². The molecule has 2 aromatic carbocycles. The number of nitrogens with zero attached hydrogens (tertiary/aromatic N) is 2. The average Bonchev–Trinajstić information content (AvgIpc) is 2.72. The van der Waals surface area contributed by atoms with Crippen LogP contribution in [0.5, 0.6) is 0 Å². The molecule has 1 atom stereocenters. The number of benzene rings is 2. The van der Waals surface area contributed by atoms with E-state index in [9.17, 15) is 14.0 Å². The van der Waals surface area contributed by atoms with Gasteiger partial charge in [0.15, 0.2) is 5.78 Å². The van der Waals surface area contributed by atoms with Crippen molar-refractivity contribution in [2.45, 2.75) is 19.9 Å². The maximum absolute atomic E-state index is 14.4. The van der Waals surface area contributed by atoms with Gasteiger partial charge in [0.1, 0.15) is 5.82 Å². The van der Waals surface area contributed by atoms with E-state index in [1.54, 1.807) is 17.0 Å². The van der Waals surface area contributed by atoms with E-state index in [1.165, 1.54) is 13.0 Å². The van der Waals surface area contributed by atoms with E-state index in [2.05, 4.69) is 5.32 Å². The van der Waals surface area contributed by atoms with Crippen LogP contribution in [0.15, 0.2) is 42.5 Å².